The maximum absolute atomic E-state index is 12.3. The molecule has 3 rings (SSSR count). The number of urea groups is 1. The number of quaternary nitrogens is 1. The SMILES string of the molecule is O=C(Nc1cccc(Cl)c1)N1CC[NH+](CCc2ccccc2)CC1. The average molecular weight is 345 g/mol. The van der Waals surface area contributed by atoms with Gasteiger partial charge >= 0.3 is 6.03 Å². The maximum atomic E-state index is 12.3. The van der Waals surface area contributed by atoms with Crippen molar-refractivity contribution in [3.63, 3.8) is 0 Å². The molecule has 0 saturated carbocycles. The first kappa shape index (κ1) is 16.8. The van der Waals surface area contributed by atoms with Gasteiger partial charge in [-0.1, -0.05) is 48.0 Å². The lowest BCUT2D eigenvalue weighted by molar-refractivity contribution is -0.903. The van der Waals surface area contributed by atoms with E-state index in [1.807, 2.05) is 23.1 Å². The highest BCUT2D eigenvalue weighted by atomic mass is 35.5. The van der Waals surface area contributed by atoms with Crippen LogP contribution in [0.2, 0.25) is 5.02 Å². The third kappa shape index (κ3) is 4.73. The second-order valence-corrected chi connectivity index (χ2v) is 6.60. The average Bonchev–Trinajstić information content (AvgIpc) is 2.61. The Kier molecular flexibility index (Phi) is 5.72. The fourth-order valence-corrected chi connectivity index (χ4v) is 3.20. The molecule has 0 aliphatic carbocycles. The van der Waals surface area contributed by atoms with Crippen LogP contribution in [0.1, 0.15) is 5.56 Å². The molecule has 2 N–H and O–H groups in total. The normalized spacial score (nSPS) is 15.3. The number of hydrogen-bond donors (Lipinski definition) is 2. The number of piperazine rings is 1. The largest absolute Gasteiger partial charge is 0.332 e. The molecule has 0 atom stereocenters. The number of carbonyl (C=O) groups excluding carboxylic acids is 1. The van der Waals surface area contributed by atoms with Gasteiger partial charge in [0.25, 0.3) is 0 Å². The molecular weight excluding hydrogens is 322 g/mol. The number of hydrogen-bond acceptors (Lipinski definition) is 1. The molecule has 0 spiro atoms. The van der Waals surface area contributed by atoms with E-state index in [2.05, 4.69) is 29.6 Å². The van der Waals surface area contributed by atoms with Gasteiger partial charge in [0.05, 0.1) is 32.7 Å². The Morgan fingerprint density at radius 3 is 2.54 bits per heavy atom. The minimum absolute atomic E-state index is 0.0422. The molecule has 1 aliphatic rings. The number of benzene rings is 2. The number of nitrogens with one attached hydrogen (secondary N) is 2. The molecule has 0 aromatic heterocycles. The first-order chi connectivity index (χ1) is 11.7. The van der Waals surface area contributed by atoms with Crippen LogP contribution in [-0.4, -0.2) is 43.7 Å². The number of carbonyl (C=O) groups is 1. The highest BCUT2D eigenvalue weighted by Crippen LogP contribution is 2.15. The van der Waals surface area contributed by atoms with Crippen molar-refractivity contribution < 1.29 is 9.69 Å². The molecule has 1 heterocycles. The number of halogens is 1. The van der Waals surface area contributed by atoms with Crippen molar-refractivity contribution in [2.24, 2.45) is 0 Å². The highest BCUT2D eigenvalue weighted by molar-refractivity contribution is 6.30. The van der Waals surface area contributed by atoms with Crippen molar-refractivity contribution in [2.45, 2.75) is 6.42 Å². The van der Waals surface area contributed by atoms with Gasteiger partial charge in [-0.15, -0.1) is 0 Å². The lowest BCUT2D eigenvalue weighted by atomic mass is 10.1. The molecular formula is C19H23ClN3O+. The van der Waals surface area contributed by atoms with E-state index in [0.717, 1.165) is 44.8 Å². The van der Waals surface area contributed by atoms with Gasteiger partial charge in [0.1, 0.15) is 0 Å². The summed E-state index contributed by atoms with van der Waals surface area (Å²) >= 11 is 5.95. The maximum Gasteiger partial charge on any atom is 0.322 e. The van der Waals surface area contributed by atoms with Crippen LogP contribution in [0.4, 0.5) is 10.5 Å². The van der Waals surface area contributed by atoms with E-state index >= 15 is 0 Å². The third-order valence-electron chi connectivity index (χ3n) is 4.44. The van der Waals surface area contributed by atoms with Crippen LogP contribution in [0.3, 0.4) is 0 Å². The summed E-state index contributed by atoms with van der Waals surface area (Å²) in [5.41, 5.74) is 2.12. The Morgan fingerprint density at radius 2 is 1.83 bits per heavy atom. The summed E-state index contributed by atoms with van der Waals surface area (Å²) in [5.74, 6) is 0. The zero-order valence-corrected chi connectivity index (χ0v) is 14.4. The van der Waals surface area contributed by atoms with Gasteiger partial charge < -0.3 is 15.1 Å². The fraction of sp³-hybridized carbons (Fsp3) is 0.316. The van der Waals surface area contributed by atoms with E-state index in [9.17, 15) is 4.79 Å². The van der Waals surface area contributed by atoms with Gasteiger partial charge in [0, 0.05) is 17.1 Å². The number of rotatable bonds is 4. The number of nitrogens with zero attached hydrogens (tertiary/aromatic N) is 1. The number of anilines is 1. The van der Waals surface area contributed by atoms with Crippen LogP contribution in [0, 0.1) is 0 Å². The Labute approximate surface area is 148 Å². The molecule has 1 saturated heterocycles. The van der Waals surface area contributed by atoms with Crippen molar-refractivity contribution in [1.29, 1.82) is 0 Å². The molecule has 2 aromatic rings. The Morgan fingerprint density at radius 1 is 1.08 bits per heavy atom. The van der Waals surface area contributed by atoms with Crippen molar-refractivity contribution >= 4 is 23.3 Å². The monoisotopic (exact) mass is 344 g/mol. The second-order valence-electron chi connectivity index (χ2n) is 6.16. The predicted octanol–water partition coefficient (Wildman–Crippen LogP) is 2.32. The second kappa shape index (κ2) is 8.18. The zero-order chi connectivity index (χ0) is 16.8. The predicted molar refractivity (Wildman–Crippen MR) is 97.8 cm³/mol. The van der Waals surface area contributed by atoms with Crippen LogP contribution in [0.5, 0.6) is 0 Å². The van der Waals surface area contributed by atoms with Gasteiger partial charge in [-0.3, -0.25) is 0 Å². The van der Waals surface area contributed by atoms with Crippen LogP contribution < -0.4 is 10.2 Å². The summed E-state index contributed by atoms with van der Waals surface area (Å²) in [4.78, 5) is 15.8. The molecule has 126 valence electrons. The molecule has 1 fully saturated rings. The van der Waals surface area contributed by atoms with Gasteiger partial charge in [0.15, 0.2) is 0 Å². The van der Waals surface area contributed by atoms with Gasteiger partial charge in [0.2, 0.25) is 0 Å². The first-order valence-electron chi connectivity index (χ1n) is 8.40. The molecule has 4 nitrogen and oxygen atoms in total. The molecule has 2 aromatic carbocycles. The van der Waals surface area contributed by atoms with Gasteiger partial charge in [-0.05, 0) is 23.8 Å². The third-order valence-corrected chi connectivity index (χ3v) is 4.68. The smallest absolute Gasteiger partial charge is 0.322 e. The molecule has 24 heavy (non-hydrogen) atoms. The molecule has 5 heteroatoms. The Bertz CT molecular complexity index is 669. The van der Waals surface area contributed by atoms with E-state index < -0.39 is 0 Å². The van der Waals surface area contributed by atoms with Crippen molar-refractivity contribution in [2.75, 3.05) is 38.0 Å². The van der Waals surface area contributed by atoms with E-state index in [0.29, 0.717) is 5.02 Å². The first-order valence-corrected chi connectivity index (χ1v) is 8.77. The fourth-order valence-electron chi connectivity index (χ4n) is 3.01. The summed E-state index contributed by atoms with van der Waals surface area (Å²) in [6, 6.07) is 17.8. The van der Waals surface area contributed by atoms with E-state index in [-0.39, 0.29) is 6.03 Å². The van der Waals surface area contributed by atoms with Crippen LogP contribution >= 0.6 is 11.6 Å². The van der Waals surface area contributed by atoms with E-state index in [1.165, 1.54) is 5.56 Å². The van der Waals surface area contributed by atoms with Crippen molar-refractivity contribution in [1.82, 2.24) is 4.90 Å². The van der Waals surface area contributed by atoms with Crippen LogP contribution in [0.25, 0.3) is 0 Å². The van der Waals surface area contributed by atoms with E-state index in [1.54, 1.807) is 17.0 Å². The summed E-state index contributed by atoms with van der Waals surface area (Å²) in [6.45, 7) is 4.69. The standard InChI is InChI=1S/C19H22ClN3O/c20-17-7-4-8-18(15-17)21-19(24)23-13-11-22(12-14-23)10-9-16-5-2-1-3-6-16/h1-8,15H,9-14H2,(H,21,24)/p+1. The van der Waals surface area contributed by atoms with Crippen molar-refractivity contribution in [3.05, 3.63) is 65.2 Å². The van der Waals surface area contributed by atoms with Crippen LogP contribution in [-0.2, 0) is 6.42 Å². The van der Waals surface area contributed by atoms with Gasteiger partial charge in [-0.2, -0.15) is 0 Å². The lowest BCUT2D eigenvalue weighted by Gasteiger charge is -2.32. The molecule has 1 aliphatic heterocycles. The molecule has 0 bridgehead atoms. The highest BCUT2D eigenvalue weighted by Gasteiger charge is 2.23. The molecule has 0 radical (unpaired) electrons. The molecule has 0 unspecified atom stereocenters. The quantitative estimate of drug-likeness (QED) is 0.877. The van der Waals surface area contributed by atoms with Crippen molar-refractivity contribution in [3.8, 4) is 0 Å². The van der Waals surface area contributed by atoms with Crippen LogP contribution in [0.15, 0.2) is 54.6 Å². The van der Waals surface area contributed by atoms with E-state index in [4.69, 9.17) is 11.6 Å². The topological polar surface area (TPSA) is 36.8 Å². The Hall–Kier alpha value is -2.04. The lowest BCUT2D eigenvalue weighted by Crippen LogP contribution is -3.15. The minimum atomic E-state index is -0.0422. The summed E-state index contributed by atoms with van der Waals surface area (Å²) in [6.07, 6.45) is 1.09. The minimum Gasteiger partial charge on any atom is -0.332 e. The summed E-state index contributed by atoms with van der Waals surface area (Å²) < 4.78 is 0. The summed E-state index contributed by atoms with van der Waals surface area (Å²) in [5, 5.41) is 3.55. The Balaban J connectivity index is 1.43. The zero-order valence-electron chi connectivity index (χ0n) is 13.7. The summed E-state index contributed by atoms with van der Waals surface area (Å²) in [7, 11) is 0. The number of amides is 2. The molecule has 2 amide bonds. The van der Waals surface area contributed by atoms with Gasteiger partial charge in [-0.25, -0.2) is 4.79 Å².